The summed E-state index contributed by atoms with van der Waals surface area (Å²) in [5, 5.41) is 8.10. The quantitative estimate of drug-likeness (QED) is 0.910. The maximum absolute atomic E-state index is 11.5. The third kappa shape index (κ3) is 3.50. The zero-order valence-corrected chi connectivity index (χ0v) is 13.4. The van der Waals surface area contributed by atoms with E-state index >= 15 is 0 Å². The number of ether oxygens (including phenoxy) is 1. The molecule has 1 heterocycles. The third-order valence-corrected chi connectivity index (χ3v) is 3.29. The first-order valence-corrected chi connectivity index (χ1v) is 7.31. The standard InChI is InChI=1S/C14H18BrN3O2/c1-9(2)16-13(19)6-7-20-14-11-8-10(15)4-5-12(11)18(3)17-14/h4-5,8-9H,6-7H2,1-3H3,(H,16,19). The summed E-state index contributed by atoms with van der Waals surface area (Å²) in [6.07, 6.45) is 0.324. The predicted octanol–water partition coefficient (Wildman–Crippen LogP) is 2.63. The van der Waals surface area contributed by atoms with Gasteiger partial charge in [-0.3, -0.25) is 9.48 Å². The van der Waals surface area contributed by atoms with Crippen LogP contribution in [0.1, 0.15) is 20.3 Å². The van der Waals surface area contributed by atoms with E-state index in [1.807, 2.05) is 39.1 Å². The van der Waals surface area contributed by atoms with Crippen LogP contribution in [0, 0.1) is 0 Å². The van der Waals surface area contributed by atoms with Gasteiger partial charge in [0.15, 0.2) is 0 Å². The number of benzene rings is 1. The summed E-state index contributed by atoms with van der Waals surface area (Å²) in [6.45, 7) is 4.18. The highest BCUT2D eigenvalue weighted by Crippen LogP contribution is 2.27. The second kappa shape index (κ2) is 6.26. The van der Waals surface area contributed by atoms with Crippen molar-refractivity contribution in [2.24, 2.45) is 7.05 Å². The zero-order chi connectivity index (χ0) is 14.7. The molecule has 1 N–H and O–H groups in total. The van der Waals surface area contributed by atoms with Crippen molar-refractivity contribution in [2.45, 2.75) is 26.3 Å². The van der Waals surface area contributed by atoms with E-state index in [0.29, 0.717) is 18.9 Å². The van der Waals surface area contributed by atoms with Gasteiger partial charge >= 0.3 is 0 Å². The highest BCUT2D eigenvalue weighted by molar-refractivity contribution is 9.10. The first-order chi connectivity index (χ1) is 9.47. The molecule has 6 heteroatoms. The van der Waals surface area contributed by atoms with E-state index in [0.717, 1.165) is 15.4 Å². The average Bonchev–Trinajstić information content (AvgIpc) is 2.65. The van der Waals surface area contributed by atoms with E-state index < -0.39 is 0 Å². The van der Waals surface area contributed by atoms with Gasteiger partial charge in [-0.1, -0.05) is 15.9 Å². The lowest BCUT2D eigenvalue weighted by atomic mass is 10.2. The lowest BCUT2D eigenvalue weighted by molar-refractivity contribution is -0.122. The van der Waals surface area contributed by atoms with Gasteiger partial charge in [0.2, 0.25) is 11.8 Å². The normalized spacial score (nSPS) is 11.1. The number of rotatable bonds is 5. The molecule has 0 radical (unpaired) electrons. The van der Waals surface area contributed by atoms with Crippen LogP contribution in [-0.4, -0.2) is 28.3 Å². The smallest absolute Gasteiger partial charge is 0.240 e. The molecule has 0 spiro atoms. The fourth-order valence-corrected chi connectivity index (χ4v) is 2.31. The molecule has 0 bridgehead atoms. The summed E-state index contributed by atoms with van der Waals surface area (Å²) in [6, 6.07) is 6.05. The Bertz CT molecular complexity index is 622. The molecule has 1 aromatic heterocycles. The molecule has 0 saturated heterocycles. The number of amides is 1. The molecule has 0 aliphatic carbocycles. The van der Waals surface area contributed by atoms with Crippen molar-refractivity contribution in [1.82, 2.24) is 15.1 Å². The Balaban J connectivity index is 2.03. The van der Waals surface area contributed by atoms with Crippen molar-refractivity contribution in [3.63, 3.8) is 0 Å². The highest BCUT2D eigenvalue weighted by atomic mass is 79.9. The van der Waals surface area contributed by atoms with Crippen LogP contribution in [-0.2, 0) is 11.8 Å². The maximum atomic E-state index is 11.5. The first-order valence-electron chi connectivity index (χ1n) is 6.52. The van der Waals surface area contributed by atoms with Crippen LogP contribution >= 0.6 is 15.9 Å². The number of carbonyl (C=O) groups is 1. The Morgan fingerprint density at radius 3 is 2.95 bits per heavy atom. The molecule has 0 fully saturated rings. The Labute approximate surface area is 126 Å². The lowest BCUT2D eigenvalue weighted by Gasteiger charge is -2.08. The molecule has 1 amide bonds. The van der Waals surface area contributed by atoms with E-state index in [4.69, 9.17) is 4.74 Å². The van der Waals surface area contributed by atoms with Gasteiger partial charge in [0.1, 0.15) is 0 Å². The summed E-state index contributed by atoms with van der Waals surface area (Å²) in [5.74, 6) is 0.544. The molecule has 20 heavy (non-hydrogen) atoms. The molecule has 0 aliphatic rings. The summed E-state index contributed by atoms with van der Waals surface area (Å²) >= 11 is 3.44. The molecule has 1 aromatic carbocycles. The molecule has 0 atom stereocenters. The zero-order valence-electron chi connectivity index (χ0n) is 11.8. The number of aromatic nitrogens is 2. The van der Waals surface area contributed by atoms with Crippen LogP contribution in [0.25, 0.3) is 10.9 Å². The van der Waals surface area contributed by atoms with Crippen molar-refractivity contribution in [1.29, 1.82) is 0 Å². The fourth-order valence-electron chi connectivity index (χ4n) is 1.95. The minimum Gasteiger partial charge on any atom is -0.476 e. The molecular weight excluding hydrogens is 322 g/mol. The van der Waals surface area contributed by atoms with Crippen LogP contribution in [0.4, 0.5) is 0 Å². The summed E-state index contributed by atoms with van der Waals surface area (Å²) in [5.41, 5.74) is 0.995. The number of carbonyl (C=O) groups excluding carboxylic acids is 1. The molecule has 2 rings (SSSR count). The van der Waals surface area contributed by atoms with E-state index in [1.165, 1.54) is 0 Å². The van der Waals surface area contributed by atoms with Crippen molar-refractivity contribution in [2.75, 3.05) is 6.61 Å². The molecule has 108 valence electrons. The highest BCUT2D eigenvalue weighted by Gasteiger charge is 2.11. The van der Waals surface area contributed by atoms with Crippen molar-refractivity contribution < 1.29 is 9.53 Å². The van der Waals surface area contributed by atoms with Crippen LogP contribution in [0.2, 0.25) is 0 Å². The first kappa shape index (κ1) is 14.8. The minimum atomic E-state index is -0.0126. The molecule has 5 nitrogen and oxygen atoms in total. The van der Waals surface area contributed by atoms with Gasteiger partial charge in [0.05, 0.1) is 23.9 Å². The second-order valence-electron chi connectivity index (χ2n) is 4.91. The Morgan fingerprint density at radius 2 is 2.25 bits per heavy atom. The van der Waals surface area contributed by atoms with Gasteiger partial charge in [0.25, 0.3) is 0 Å². The van der Waals surface area contributed by atoms with E-state index in [2.05, 4.69) is 26.3 Å². The molecule has 0 unspecified atom stereocenters. The number of aryl methyl sites for hydroxylation is 1. The summed E-state index contributed by atoms with van der Waals surface area (Å²) < 4.78 is 8.38. The Kier molecular flexibility index (Phi) is 4.65. The van der Waals surface area contributed by atoms with Crippen LogP contribution in [0.15, 0.2) is 22.7 Å². The maximum Gasteiger partial charge on any atom is 0.240 e. The van der Waals surface area contributed by atoms with E-state index in [1.54, 1.807) is 4.68 Å². The Hall–Kier alpha value is -1.56. The lowest BCUT2D eigenvalue weighted by Crippen LogP contribution is -2.31. The Morgan fingerprint density at radius 1 is 1.50 bits per heavy atom. The van der Waals surface area contributed by atoms with Crippen molar-refractivity contribution in [3.8, 4) is 5.88 Å². The molecular formula is C14H18BrN3O2. The van der Waals surface area contributed by atoms with Gasteiger partial charge < -0.3 is 10.1 Å². The SMILES string of the molecule is CC(C)NC(=O)CCOc1nn(C)c2ccc(Br)cc12. The topological polar surface area (TPSA) is 56.1 Å². The van der Waals surface area contributed by atoms with Gasteiger partial charge in [0, 0.05) is 17.6 Å². The largest absolute Gasteiger partial charge is 0.476 e. The van der Waals surface area contributed by atoms with Gasteiger partial charge in [-0.25, -0.2) is 0 Å². The van der Waals surface area contributed by atoms with E-state index in [-0.39, 0.29) is 11.9 Å². The summed E-state index contributed by atoms with van der Waals surface area (Å²) in [7, 11) is 1.87. The number of hydrogen-bond acceptors (Lipinski definition) is 3. The second-order valence-corrected chi connectivity index (χ2v) is 5.83. The van der Waals surface area contributed by atoms with Gasteiger partial charge in [-0.15, -0.1) is 5.10 Å². The third-order valence-electron chi connectivity index (χ3n) is 2.80. The average molecular weight is 340 g/mol. The monoisotopic (exact) mass is 339 g/mol. The van der Waals surface area contributed by atoms with Crippen LogP contribution in [0.3, 0.4) is 0 Å². The van der Waals surface area contributed by atoms with Crippen LogP contribution < -0.4 is 10.1 Å². The van der Waals surface area contributed by atoms with Gasteiger partial charge in [-0.2, -0.15) is 0 Å². The van der Waals surface area contributed by atoms with E-state index in [9.17, 15) is 4.79 Å². The fraction of sp³-hybridized carbons (Fsp3) is 0.429. The van der Waals surface area contributed by atoms with Crippen LogP contribution in [0.5, 0.6) is 5.88 Å². The number of halogens is 1. The predicted molar refractivity (Wildman–Crippen MR) is 81.8 cm³/mol. The number of hydrogen-bond donors (Lipinski definition) is 1. The minimum absolute atomic E-state index is 0.0126. The van der Waals surface area contributed by atoms with Crippen molar-refractivity contribution >= 4 is 32.7 Å². The molecule has 0 aliphatic heterocycles. The number of nitrogens with one attached hydrogen (secondary N) is 1. The summed E-state index contributed by atoms with van der Waals surface area (Å²) in [4.78, 5) is 11.5. The number of nitrogens with zero attached hydrogens (tertiary/aromatic N) is 2. The van der Waals surface area contributed by atoms with Crippen molar-refractivity contribution in [3.05, 3.63) is 22.7 Å². The molecule has 0 saturated carbocycles. The molecule has 2 aromatic rings. The number of fused-ring (bicyclic) bond motifs is 1. The van der Waals surface area contributed by atoms with Gasteiger partial charge in [-0.05, 0) is 32.0 Å².